The van der Waals surface area contributed by atoms with E-state index in [4.69, 9.17) is 0 Å². The van der Waals surface area contributed by atoms with E-state index in [1.807, 2.05) is 49.4 Å². The van der Waals surface area contributed by atoms with Crippen LogP contribution in [0, 0.1) is 10.5 Å². The number of rotatable bonds is 2. The summed E-state index contributed by atoms with van der Waals surface area (Å²) < 4.78 is 2.08. The Kier molecular flexibility index (Phi) is 3.95. The first kappa shape index (κ1) is 14.5. The summed E-state index contributed by atoms with van der Waals surface area (Å²) in [5.41, 5.74) is 2.76. The molecule has 3 aromatic rings. The number of hydrogen-bond acceptors (Lipinski definition) is 3. The second kappa shape index (κ2) is 5.73. The molecule has 2 aromatic carbocycles. The molecule has 106 valence electrons. The zero-order valence-electron chi connectivity index (χ0n) is 11.6. The molecule has 0 aliphatic carbocycles. The standard InChI is InChI=1S/C16H13IN2OS/c1-10-6-5-7-11(14(10)17)15(20)19(2)16-18-12-8-3-4-9-13(12)21-16/h3-9H,1-2H3. The molecule has 0 unspecified atom stereocenters. The Morgan fingerprint density at radius 2 is 1.95 bits per heavy atom. The molecule has 5 heteroatoms. The van der Waals surface area contributed by atoms with Crippen LogP contribution in [0.25, 0.3) is 10.2 Å². The largest absolute Gasteiger partial charge is 0.287 e. The van der Waals surface area contributed by atoms with Gasteiger partial charge in [-0.2, -0.15) is 0 Å². The number of halogens is 1. The summed E-state index contributed by atoms with van der Waals surface area (Å²) in [5, 5.41) is 0.721. The van der Waals surface area contributed by atoms with Crippen LogP contribution in [0.4, 0.5) is 5.13 Å². The van der Waals surface area contributed by atoms with Crippen molar-refractivity contribution in [2.45, 2.75) is 6.92 Å². The van der Waals surface area contributed by atoms with Crippen LogP contribution >= 0.6 is 33.9 Å². The molecular weight excluding hydrogens is 395 g/mol. The van der Waals surface area contributed by atoms with E-state index in [-0.39, 0.29) is 5.91 Å². The fourth-order valence-corrected chi connectivity index (χ4v) is 3.60. The van der Waals surface area contributed by atoms with Gasteiger partial charge in [-0.25, -0.2) is 4.98 Å². The lowest BCUT2D eigenvalue weighted by molar-refractivity contribution is 0.0992. The highest BCUT2D eigenvalue weighted by molar-refractivity contribution is 14.1. The van der Waals surface area contributed by atoms with Crippen LogP contribution in [0.3, 0.4) is 0 Å². The van der Waals surface area contributed by atoms with Crippen molar-refractivity contribution in [2.24, 2.45) is 0 Å². The second-order valence-corrected chi connectivity index (χ2v) is 6.85. The summed E-state index contributed by atoms with van der Waals surface area (Å²) in [6.07, 6.45) is 0. The quantitative estimate of drug-likeness (QED) is 0.586. The van der Waals surface area contributed by atoms with E-state index in [9.17, 15) is 4.79 Å². The Hall–Kier alpha value is -1.47. The van der Waals surface area contributed by atoms with Gasteiger partial charge in [0.05, 0.1) is 15.8 Å². The van der Waals surface area contributed by atoms with Gasteiger partial charge in [0.2, 0.25) is 0 Å². The molecule has 0 aliphatic heterocycles. The van der Waals surface area contributed by atoms with Gasteiger partial charge in [-0.1, -0.05) is 35.6 Å². The van der Waals surface area contributed by atoms with Crippen LogP contribution in [-0.4, -0.2) is 17.9 Å². The minimum Gasteiger partial charge on any atom is -0.287 e. The molecule has 1 aromatic heterocycles. The number of carbonyl (C=O) groups is 1. The van der Waals surface area contributed by atoms with E-state index >= 15 is 0 Å². The zero-order chi connectivity index (χ0) is 15.0. The highest BCUT2D eigenvalue weighted by Gasteiger charge is 2.19. The maximum Gasteiger partial charge on any atom is 0.260 e. The molecule has 0 N–H and O–H groups in total. The molecule has 1 amide bonds. The van der Waals surface area contributed by atoms with E-state index < -0.39 is 0 Å². The van der Waals surface area contributed by atoms with Gasteiger partial charge in [-0.15, -0.1) is 0 Å². The first-order chi connectivity index (χ1) is 10.1. The molecular formula is C16H13IN2OS. The van der Waals surface area contributed by atoms with Crippen LogP contribution in [0.5, 0.6) is 0 Å². The number of amides is 1. The SMILES string of the molecule is Cc1cccc(C(=O)N(C)c2nc3ccccc3s2)c1I. The molecule has 0 saturated heterocycles. The fraction of sp³-hybridized carbons (Fsp3) is 0.125. The van der Waals surface area contributed by atoms with Gasteiger partial charge in [0.1, 0.15) is 0 Å². The van der Waals surface area contributed by atoms with Crippen molar-refractivity contribution in [2.75, 3.05) is 11.9 Å². The molecule has 0 radical (unpaired) electrons. The highest BCUT2D eigenvalue weighted by atomic mass is 127. The Balaban J connectivity index is 1.99. The zero-order valence-corrected chi connectivity index (χ0v) is 14.6. The van der Waals surface area contributed by atoms with Crippen LogP contribution in [0.2, 0.25) is 0 Å². The lowest BCUT2D eigenvalue weighted by Crippen LogP contribution is -2.27. The number of aryl methyl sites for hydroxylation is 1. The summed E-state index contributed by atoms with van der Waals surface area (Å²) in [4.78, 5) is 18.8. The molecule has 21 heavy (non-hydrogen) atoms. The molecule has 0 spiro atoms. The van der Waals surface area contributed by atoms with E-state index in [0.29, 0.717) is 0 Å². The minimum atomic E-state index is -0.0258. The molecule has 0 fully saturated rings. The predicted octanol–water partition coefficient (Wildman–Crippen LogP) is 4.49. The first-order valence-electron chi connectivity index (χ1n) is 6.46. The molecule has 1 heterocycles. The van der Waals surface area contributed by atoms with Crippen LogP contribution in [-0.2, 0) is 0 Å². The number of nitrogens with zero attached hydrogens (tertiary/aromatic N) is 2. The average molecular weight is 408 g/mol. The number of thiazole rings is 1. The van der Waals surface area contributed by atoms with Gasteiger partial charge in [-0.05, 0) is 53.3 Å². The Bertz CT molecular complexity index is 795. The van der Waals surface area contributed by atoms with Gasteiger partial charge in [0.25, 0.3) is 5.91 Å². The van der Waals surface area contributed by atoms with Gasteiger partial charge in [0.15, 0.2) is 5.13 Å². The van der Waals surface area contributed by atoms with Gasteiger partial charge < -0.3 is 0 Å². The number of carbonyl (C=O) groups excluding carboxylic acids is 1. The molecule has 0 saturated carbocycles. The molecule has 0 bridgehead atoms. The van der Waals surface area contributed by atoms with Crippen LogP contribution < -0.4 is 4.90 Å². The molecule has 0 atom stereocenters. The lowest BCUT2D eigenvalue weighted by Gasteiger charge is -2.15. The lowest BCUT2D eigenvalue weighted by atomic mass is 10.1. The van der Waals surface area contributed by atoms with Crippen molar-refractivity contribution < 1.29 is 4.79 Å². The van der Waals surface area contributed by atoms with Crippen molar-refractivity contribution in [3.63, 3.8) is 0 Å². The number of para-hydroxylation sites is 1. The van der Waals surface area contributed by atoms with Crippen molar-refractivity contribution in [3.8, 4) is 0 Å². The summed E-state index contributed by atoms with van der Waals surface area (Å²) >= 11 is 3.75. The monoisotopic (exact) mass is 408 g/mol. The van der Waals surface area contributed by atoms with Crippen molar-refractivity contribution in [1.29, 1.82) is 0 Å². The maximum absolute atomic E-state index is 12.7. The van der Waals surface area contributed by atoms with E-state index in [2.05, 4.69) is 27.6 Å². The summed E-state index contributed by atoms with van der Waals surface area (Å²) in [6, 6.07) is 13.7. The van der Waals surface area contributed by atoms with E-state index in [1.54, 1.807) is 11.9 Å². The second-order valence-electron chi connectivity index (χ2n) is 4.76. The summed E-state index contributed by atoms with van der Waals surface area (Å²) in [5.74, 6) is -0.0258. The molecule has 0 aliphatic rings. The third-order valence-electron chi connectivity index (χ3n) is 3.30. The third kappa shape index (κ3) is 2.67. The Morgan fingerprint density at radius 1 is 1.19 bits per heavy atom. The highest BCUT2D eigenvalue weighted by Crippen LogP contribution is 2.29. The number of fused-ring (bicyclic) bond motifs is 1. The summed E-state index contributed by atoms with van der Waals surface area (Å²) in [6.45, 7) is 2.01. The summed E-state index contributed by atoms with van der Waals surface area (Å²) in [7, 11) is 1.78. The van der Waals surface area contributed by atoms with E-state index in [0.717, 1.165) is 30.0 Å². The van der Waals surface area contributed by atoms with E-state index in [1.165, 1.54) is 11.3 Å². The number of anilines is 1. The van der Waals surface area contributed by atoms with Crippen molar-refractivity contribution >= 4 is 55.2 Å². The Labute approximate surface area is 140 Å². The number of hydrogen-bond donors (Lipinski definition) is 0. The van der Waals surface area contributed by atoms with Crippen molar-refractivity contribution in [3.05, 3.63) is 57.2 Å². The first-order valence-corrected chi connectivity index (χ1v) is 8.36. The van der Waals surface area contributed by atoms with Crippen molar-refractivity contribution in [1.82, 2.24) is 4.98 Å². The smallest absolute Gasteiger partial charge is 0.260 e. The number of benzene rings is 2. The van der Waals surface area contributed by atoms with Gasteiger partial charge in [0, 0.05) is 10.6 Å². The maximum atomic E-state index is 12.7. The van der Waals surface area contributed by atoms with Gasteiger partial charge >= 0.3 is 0 Å². The fourth-order valence-electron chi connectivity index (χ4n) is 2.08. The number of aromatic nitrogens is 1. The molecule has 3 rings (SSSR count). The minimum absolute atomic E-state index is 0.0258. The Morgan fingerprint density at radius 3 is 2.71 bits per heavy atom. The van der Waals surface area contributed by atoms with Gasteiger partial charge in [-0.3, -0.25) is 9.69 Å². The van der Waals surface area contributed by atoms with Crippen LogP contribution in [0.1, 0.15) is 15.9 Å². The predicted molar refractivity (Wildman–Crippen MR) is 96.2 cm³/mol. The third-order valence-corrected chi connectivity index (χ3v) is 5.84. The normalized spacial score (nSPS) is 10.8. The topological polar surface area (TPSA) is 33.2 Å². The molecule has 3 nitrogen and oxygen atoms in total. The van der Waals surface area contributed by atoms with Crippen LogP contribution in [0.15, 0.2) is 42.5 Å². The average Bonchev–Trinajstić information content (AvgIpc) is 2.92.